The second kappa shape index (κ2) is 12.5. The van der Waals surface area contributed by atoms with Gasteiger partial charge in [-0.3, -0.25) is 9.13 Å². The van der Waals surface area contributed by atoms with E-state index in [-0.39, 0.29) is 0 Å². The Kier molecular flexibility index (Phi) is 8.59. The zero-order chi connectivity index (χ0) is 30.1. The maximum Gasteiger partial charge on any atom is 0.167 e. The summed E-state index contributed by atoms with van der Waals surface area (Å²) in [6.07, 6.45) is -0.389. The highest BCUT2D eigenvalue weighted by atomic mass is 16.6. The normalized spacial score (nSPS) is 29.2. The highest BCUT2D eigenvalue weighted by Gasteiger charge is 2.45. The number of nitrogens with zero attached hydrogens (tertiary/aromatic N) is 8. The summed E-state index contributed by atoms with van der Waals surface area (Å²) in [6.45, 7) is 0.399. The lowest BCUT2D eigenvalue weighted by atomic mass is 10.1. The van der Waals surface area contributed by atoms with E-state index in [1.165, 1.54) is 34.4 Å². The number of unbranched alkanes of at least 4 members (excludes halogenated alkanes) is 2. The number of nitrogens with one attached hydrogen (secondary N) is 2. The Hall–Kier alpha value is -3.62. The molecular formula is C25H34N10O8. The molecule has 2 fully saturated rings. The molecule has 0 amide bonds. The Balaban J connectivity index is 0.995. The lowest BCUT2D eigenvalue weighted by molar-refractivity contribution is -0.0511. The van der Waals surface area contributed by atoms with Gasteiger partial charge in [-0.05, 0) is 19.3 Å². The Bertz CT molecular complexity index is 1420. The molecule has 8 atom stereocenters. The molecule has 2 unspecified atom stereocenters. The largest absolute Gasteiger partial charge is 0.394 e. The van der Waals surface area contributed by atoms with Crippen LogP contribution in [0.2, 0.25) is 0 Å². The van der Waals surface area contributed by atoms with Crippen molar-refractivity contribution in [3.8, 4) is 0 Å². The number of fused-ring (bicyclic) bond motifs is 2. The molecule has 0 radical (unpaired) electrons. The number of anilines is 2. The summed E-state index contributed by atoms with van der Waals surface area (Å²) in [5, 5.41) is 66.2. The van der Waals surface area contributed by atoms with Gasteiger partial charge in [0.2, 0.25) is 0 Å². The van der Waals surface area contributed by atoms with Crippen molar-refractivity contribution in [2.24, 2.45) is 0 Å². The molecule has 0 aromatic carbocycles. The molecule has 43 heavy (non-hydrogen) atoms. The monoisotopic (exact) mass is 602 g/mol. The summed E-state index contributed by atoms with van der Waals surface area (Å²) >= 11 is 0. The van der Waals surface area contributed by atoms with Gasteiger partial charge in [-0.15, -0.1) is 0 Å². The first-order valence-corrected chi connectivity index (χ1v) is 14.0. The van der Waals surface area contributed by atoms with Crippen LogP contribution in [-0.2, 0) is 9.47 Å². The average Bonchev–Trinajstić information content (AvgIpc) is 3.78. The lowest BCUT2D eigenvalue weighted by Gasteiger charge is -2.16. The van der Waals surface area contributed by atoms with Gasteiger partial charge >= 0.3 is 0 Å². The van der Waals surface area contributed by atoms with Crippen LogP contribution in [0.4, 0.5) is 11.6 Å². The average molecular weight is 603 g/mol. The molecule has 2 aliphatic rings. The molecule has 0 aliphatic carbocycles. The minimum atomic E-state index is -1.24. The van der Waals surface area contributed by atoms with E-state index in [1.54, 1.807) is 0 Å². The summed E-state index contributed by atoms with van der Waals surface area (Å²) in [5.74, 6) is 1.06. The molecule has 4 aromatic rings. The predicted molar refractivity (Wildman–Crippen MR) is 147 cm³/mol. The fourth-order valence-corrected chi connectivity index (χ4v) is 5.40. The molecule has 18 nitrogen and oxygen atoms in total. The van der Waals surface area contributed by atoms with Crippen LogP contribution in [0.25, 0.3) is 22.3 Å². The topological polar surface area (TPSA) is 251 Å². The number of aromatic nitrogens is 8. The van der Waals surface area contributed by atoms with Crippen molar-refractivity contribution < 1.29 is 40.1 Å². The number of ether oxygens (including phenoxy) is 2. The first-order chi connectivity index (χ1) is 20.9. The zero-order valence-electron chi connectivity index (χ0n) is 23.0. The summed E-state index contributed by atoms with van der Waals surface area (Å²) in [6, 6.07) is 0. The van der Waals surface area contributed by atoms with Gasteiger partial charge in [0.15, 0.2) is 46.4 Å². The van der Waals surface area contributed by atoms with E-state index >= 15 is 0 Å². The SMILES string of the molecule is OC[C@@H]1O[C@H](n2cnc3c(NCCCCCNc4ncnc5c4ncn5[C@@H]4O[C@H](CO)[C@H](O)C4O)ncnc32)C(O)[C@@H]1O. The van der Waals surface area contributed by atoms with Crippen LogP contribution < -0.4 is 10.6 Å². The minimum absolute atomic E-state index is 0.425. The van der Waals surface area contributed by atoms with Gasteiger partial charge in [-0.2, -0.15) is 0 Å². The number of aliphatic hydroxyl groups is 6. The number of imidazole rings is 2. The Labute approximate surface area is 244 Å². The second-order valence-electron chi connectivity index (χ2n) is 10.5. The Morgan fingerprint density at radius 1 is 0.605 bits per heavy atom. The van der Waals surface area contributed by atoms with E-state index < -0.39 is 62.3 Å². The predicted octanol–water partition coefficient (Wildman–Crippen LogP) is -2.12. The third kappa shape index (κ3) is 5.47. The zero-order valence-corrected chi connectivity index (χ0v) is 23.0. The summed E-state index contributed by atoms with van der Waals surface area (Å²) < 4.78 is 14.2. The van der Waals surface area contributed by atoms with Crippen LogP contribution in [0.15, 0.2) is 25.3 Å². The smallest absolute Gasteiger partial charge is 0.167 e. The van der Waals surface area contributed by atoms with Crippen LogP contribution in [0.1, 0.15) is 31.7 Å². The molecule has 6 heterocycles. The van der Waals surface area contributed by atoms with Gasteiger partial charge in [-0.25, -0.2) is 29.9 Å². The molecule has 4 aromatic heterocycles. The van der Waals surface area contributed by atoms with Gasteiger partial charge in [0.1, 0.15) is 49.3 Å². The van der Waals surface area contributed by atoms with E-state index in [4.69, 9.17) is 9.47 Å². The Morgan fingerprint density at radius 3 is 1.44 bits per heavy atom. The number of rotatable bonds is 12. The molecule has 0 saturated carbocycles. The van der Waals surface area contributed by atoms with Crippen molar-refractivity contribution in [3.63, 3.8) is 0 Å². The standard InChI is InChI=1S/C25H34N10O8/c36-6-12-16(38)18(40)24(42-12)34-10-32-14-20(28-8-30-22(14)34)26-4-2-1-3-5-27-21-15-23(31-9-29-21)35(11-33-15)25-19(41)17(39)13(7-37)43-25/h8-13,16-19,24-25,36-41H,1-7H2,(H,26,28,30)(H,27,29,31)/t12-,13+,16+,17-,18?,19?,24-,25+. The molecule has 2 saturated heterocycles. The highest BCUT2D eigenvalue weighted by molar-refractivity contribution is 5.83. The fourth-order valence-electron chi connectivity index (χ4n) is 5.40. The van der Waals surface area contributed by atoms with Gasteiger partial charge in [0.25, 0.3) is 0 Å². The van der Waals surface area contributed by atoms with Gasteiger partial charge in [-0.1, -0.05) is 0 Å². The second-order valence-corrected chi connectivity index (χ2v) is 10.5. The highest BCUT2D eigenvalue weighted by Crippen LogP contribution is 2.33. The van der Waals surface area contributed by atoms with Crippen LogP contribution in [0.5, 0.6) is 0 Å². The number of hydrogen-bond donors (Lipinski definition) is 8. The lowest BCUT2D eigenvalue weighted by Crippen LogP contribution is -2.33. The van der Waals surface area contributed by atoms with E-state index in [0.717, 1.165) is 19.3 Å². The first kappa shape index (κ1) is 29.5. The van der Waals surface area contributed by atoms with Gasteiger partial charge < -0.3 is 50.7 Å². The van der Waals surface area contributed by atoms with E-state index in [0.29, 0.717) is 47.1 Å². The van der Waals surface area contributed by atoms with Crippen LogP contribution in [0, 0.1) is 0 Å². The number of aliphatic hydroxyl groups excluding tert-OH is 6. The van der Waals surface area contributed by atoms with E-state index in [2.05, 4.69) is 40.5 Å². The quantitative estimate of drug-likeness (QED) is 0.0807. The van der Waals surface area contributed by atoms with Crippen LogP contribution in [0.3, 0.4) is 0 Å². The van der Waals surface area contributed by atoms with Crippen molar-refractivity contribution in [3.05, 3.63) is 25.3 Å². The van der Waals surface area contributed by atoms with Crippen molar-refractivity contribution in [1.29, 1.82) is 0 Å². The molecule has 8 N–H and O–H groups in total. The van der Waals surface area contributed by atoms with Crippen LogP contribution in [-0.4, -0.2) is 133 Å². The molecule has 232 valence electrons. The minimum Gasteiger partial charge on any atom is -0.394 e. The molecular weight excluding hydrogens is 568 g/mol. The summed E-state index contributed by atoms with van der Waals surface area (Å²) in [5.41, 5.74) is 1.83. The van der Waals surface area contributed by atoms with E-state index in [1.807, 2.05) is 0 Å². The maximum absolute atomic E-state index is 10.4. The summed E-state index contributed by atoms with van der Waals surface area (Å²) in [4.78, 5) is 25.8. The fraction of sp³-hybridized carbons (Fsp3) is 0.600. The van der Waals surface area contributed by atoms with Crippen molar-refractivity contribution >= 4 is 34.0 Å². The van der Waals surface area contributed by atoms with E-state index in [9.17, 15) is 30.6 Å². The molecule has 6 rings (SSSR count). The van der Waals surface area contributed by atoms with Crippen LogP contribution >= 0.6 is 0 Å². The summed E-state index contributed by atoms with van der Waals surface area (Å²) in [7, 11) is 0. The third-order valence-corrected chi connectivity index (χ3v) is 7.74. The first-order valence-electron chi connectivity index (χ1n) is 14.0. The Morgan fingerprint density at radius 2 is 1.05 bits per heavy atom. The van der Waals surface area contributed by atoms with Crippen molar-refractivity contribution in [2.45, 2.75) is 68.3 Å². The van der Waals surface area contributed by atoms with Crippen molar-refractivity contribution in [1.82, 2.24) is 39.0 Å². The molecule has 2 aliphatic heterocycles. The molecule has 18 heteroatoms. The van der Waals surface area contributed by atoms with Gasteiger partial charge in [0, 0.05) is 13.1 Å². The number of hydrogen-bond acceptors (Lipinski definition) is 16. The third-order valence-electron chi connectivity index (χ3n) is 7.74. The molecule has 0 bridgehead atoms. The van der Waals surface area contributed by atoms with Gasteiger partial charge in [0.05, 0.1) is 25.9 Å². The maximum atomic E-state index is 10.4. The molecule has 0 spiro atoms. The van der Waals surface area contributed by atoms with Crippen molar-refractivity contribution in [2.75, 3.05) is 36.9 Å².